The number of hydrogen-bond acceptors (Lipinski definition) is 3. The molecule has 3 N–H and O–H groups in total. The summed E-state index contributed by atoms with van der Waals surface area (Å²) in [5, 5.41) is 22.9. The molecular formula is C13H17NO2. The molecule has 1 saturated heterocycles. The number of aromatic hydroxyl groups is 2. The van der Waals surface area contributed by atoms with E-state index in [4.69, 9.17) is 0 Å². The van der Waals surface area contributed by atoms with Gasteiger partial charge in [0.05, 0.1) is 0 Å². The third-order valence-corrected chi connectivity index (χ3v) is 3.99. The van der Waals surface area contributed by atoms with Gasteiger partial charge in [0.25, 0.3) is 0 Å². The minimum absolute atomic E-state index is 0.0148. The van der Waals surface area contributed by atoms with Crippen molar-refractivity contribution in [3.05, 3.63) is 23.3 Å². The van der Waals surface area contributed by atoms with E-state index in [0.29, 0.717) is 12.0 Å². The minimum atomic E-state index is 0.0148. The molecular weight excluding hydrogens is 202 g/mol. The predicted octanol–water partition coefficient (Wildman–Crippen LogP) is 1.88. The number of hydrogen-bond donors (Lipinski definition) is 3. The lowest BCUT2D eigenvalue weighted by atomic mass is 9.75. The molecule has 86 valence electrons. The molecule has 1 aromatic carbocycles. The van der Waals surface area contributed by atoms with Gasteiger partial charge in [0.2, 0.25) is 0 Å². The van der Waals surface area contributed by atoms with Gasteiger partial charge in [-0.3, -0.25) is 0 Å². The van der Waals surface area contributed by atoms with Gasteiger partial charge in [-0.1, -0.05) is 6.07 Å². The Morgan fingerprint density at radius 3 is 2.94 bits per heavy atom. The molecule has 0 bridgehead atoms. The molecule has 1 aliphatic carbocycles. The van der Waals surface area contributed by atoms with Crippen LogP contribution in [0.1, 0.15) is 36.3 Å². The second-order valence-corrected chi connectivity index (χ2v) is 4.85. The molecule has 3 nitrogen and oxygen atoms in total. The van der Waals surface area contributed by atoms with Gasteiger partial charge >= 0.3 is 0 Å². The predicted molar refractivity (Wildman–Crippen MR) is 61.9 cm³/mol. The smallest absolute Gasteiger partial charge is 0.160 e. The Morgan fingerprint density at radius 2 is 2.06 bits per heavy atom. The Labute approximate surface area is 95.1 Å². The quantitative estimate of drug-likeness (QED) is 0.584. The maximum atomic E-state index is 9.86. The molecule has 0 saturated carbocycles. The van der Waals surface area contributed by atoms with Crippen LogP contribution < -0.4 is 5.32 Å². The first-order valence-corrected chi connectivity index (χ1v) is 6.04. The van der Waals surface area contributed by atoms with Crippen molar-refractivity contribution in [1.29, 1.82) is 0 Å². The van der Waals surface area contributed by atoms with E-state index in [9.17, 15) is 10.2 Å². The molecule has 1 aliphatic heterocycles. The molecule has 2 atom stereocenters. The summed E-state index contributed by atoms with van der Waals surface area (Å²) < 4.78 is 0. The molecule has 2 aliphatic rings. The molecule has 0 aromatic heterocycles. The van der Waals surface area contributed by atoms with Crippen molar-refractivity contribution in [1.82, 2.24) is 5.32 Å². The normalized spacial score (nSPS) is 28.2. The molecule has 0 unspecified atom stereocenters. The van der Waals surface area contributed by atoms with Crippen molar-refractivity contribution in [2.45, 2.75) is 37.6 Å². The van der Waals surface area contributed by atoms with Crippen molar-refractivity contribution < 1.29 is 10.2 Å². The van der Waals surface area contributed by atoms with E-state index in [0.717, 1.165) is 24.9 Å². The number of piperidine rings is 1. The van der Waals surface area contributed by atoms with Crippen LogP contribution in [0.3, 0.4) is 0 Å². The number of phenolic OH excluding ortho intramolecular Hbond substituents is 2. The summed E-state index contributed by atoms with van der Waals surface area (Å²) in [6.07, 6.45) is 4.32. The summed E-state index contributed by atoms with van der Waals surface area (Å²) in [7, 11) is 0. The topological polar surface area (TPSA) is 52.5 Å². The van der Waals surface area contributed by atoms with E-state index in [2.05, 4.69) is 5.32 Å². The average Bonchev–Trinajstić information content (AvgIpc) is 2.33. The van der Waals surface area contributed by atoms with E-state index in [-0.39, 0.29) is 11.5 Å². The maximum absolute atomic E-state index is 9.86. The van der Waals surface area contributed by atoms with Crippen molar-refractivity contribution in [3.8, 4) is 11.5 Å². The van der Waals surface area contributed by atoms with Gasteiger partial charge in [0.15, 0.2) is 11.5 Å². The summed E-state index contributed by atoms with van der Waals surface area (Å²) in [6, 6.07) is 4.16. The molecule has 0 spiro atoms. The third-order valence-electron chi connectivity index (χ3n) is 3.99. The first-order valence-electron chi connectivity index (χ1n) is 6.04. The van der Waals surface area contributed by atoms with Crippen molar-refractivity contribution in [2.75, 3.05) is 6.54 Å². The third kappa shape index (κ3) is 1.39. The molecule has 1 heterocycles. The molecule has 3 heteroatoms. The van der Waals surface area contributed by atoms with Crippen LogP contribution in [0, 0.1) is 0 Å². The number of phenols is 2. The summed E-state index contributed by atoms with van der Waals surface area (Å²) in [5.41, 5.74) is 2.20. The van der Waals surface area contributed by atoms with Crippen LogP contribution >= 0.6 is 0 Å². The van der Waals surface area contributed by atoms with Crippen LogP contribution in [0.4, 0.5) is 0 Å². The summed E-state index contributed by atoms with van der Waals surface area (Å²) in [6.45, 7) is 1.11. The Hall–Kier alpha value is -1.22. The number of nitrogens with one attached hydrogen (secondary N) is 1. The molecule has 1 fully saturated rings. The molecule has 1 aromatic rings. The van der Waals surface area contributed by atoms with Crippen LogP contribution in [0.5, 0.6) is 11.5 Å². The van der Waals surface area contributed by atoms with Gasteiger partial charge in [0.1, 0.15) is 0 Å². The zero-order valence-electron chi connectivity index (χ0n) is 9.24. The fourth-order valence-electron chi connectivity index (χ4n) is 3.18. The van der Waals surface area contributed by atoms with E-state index in [1.165, 1.54) is 18.4 Å². The summed E-state index contributed by atoms with van der Waals surface area (Å²) in [5.74, 6) is 0.631. The zero-order valence-corrected chi connectivity index (χ0v) is 9.24. The Morgan fingerprint density at radius 1 is 1.19 bits per heavy atom. The number of fused-ring (bicyclic) bond motifs is 3. The first-order chi connectivity index (χ1) is 7.77. The largest absolute Gasteiger partial charge is 0.504 e. The van der Waals surface area contributed by atoms with Gasteiger partial charge in [-0.15, -0.1) is 0 Å². The molecule has 3 rings (SSSR count). The maximum Gasteiger partial charge on any atom is 0.160 e. The highest BCUT2D eigenvalue weighted by Crippen LogP contribution is 2.43. The van der Waals surface area contributed by atoms with Crippen LogP contribution in [0.25, 0.3) is 0 Å². The minimum Gasteiger partial charge on any atom is -0.504 e. The van der Waals surface area contributed by atoms with Crippen LogP contribution in [-0.2, 0) is 6.42 Å². The lowest BCUT2D eigenvalue weighted by Crippen LogP contribution is -2.42. The van der Waals surface area contributed by atoms with Gasteiger partial charge in [-0.05, 0) is 49.8 Å². The van der Waals surface area contributed by atoms with E-state index in [1.54, 1.807) is 6.07 Å². The highest BCUT2D eigenvalue weighted by atomic mass is 16.3. The second-order valence-electron chi connectivity index (χ2n) is 4.85. The highest BCUT2D eigenvalue weighted by molar-refractivity contribution is 5.51. The molecule has 0 radical (unpaired) electrons. The van der Waals surface area contributed by atoms with Gasteiger partial charge in [-0.2, -0.15) is 0 Å². The second kappa shape index (κ2) is 3.67. The number of rotatable bonds is 0. The summed E-state index contributed by atoms with van der Waals surface area (Å²) in [4.78, 5) is 0. The number of benzene rings is 1. The van der Waals surface area contributed by atoms with Crippen LogP contribution in [0.15, 0.2) is 12.1 Å². The Balaban J connectivity index is 2.05. The Kier molecular flexibility index (Phi) is 2.28. The standard InChI is InChI=1S/C13H17NO2/c15-12-6-4-8-9-2-1-7-14-11(9)5-3-10(8)13(12)16/h4,6,9,11,14-16H,1-3,5,7H2/t9-,11+/m1/s1. The van der Waals surface area contributed by atoms with E-state index < -0.39 is 0 Å². The zero-order chi connectivity index (χ0) is 11.1. The summed E-state index contributed by atoms with van der Waals surface area (Å²) >= 11 is 0. The van der Waals surface area contributed by atoms with Crippen LogP contribution in [-0.4, -0.2) is 22.8 Å². The fraction of sp³-hybridized carbons (Fsp3) is 0.538. The van der Waals surface area contributed by atoms with Crippen molar-refractivity contribution in [3.63, 3.8) is 0 Å². The van der Waals surface area contributed by atoms with Crippen molar-refractivity contribution in [2.24, 2.45) is 0 Å². The Bertz CT molecular complexity index is 417. The monoisotopic (exact) mass is 219 g/mol. The van der Waals surface area contributed by atoms with Gasteiger partial charge in [-0.25, -0.2) is 0 Å². The van der Waals surface area contributed by atoms with Crippen LogP contribution in [0.2, 0.25) is 0 Å². The lowest BCUT2D eigenvalue weighted by Gasteiger charge is -2.38. The lowest BCUT2D eigenvalue weighted by molar-refractivity contribution is 0.312. The fourth-order valence-corrected chi connectivity index (χ4v) is 3.18. The average molecular weight is 219 g/mol. The van der Waals surface area contributed by atoms with E-state index >= 15 is 0 Å². The van der Waals surface area contributed by atoms with Gasteiger partial charge in [0, 0.05) is 11.6 Å². The van der Waals surface area contributed by atoms with Crippen molar-refractivity contribution >= 4 is 0 Å². The molecule has 0 amide bonds. The first kappa shape index (κ1) is 9.97. The van der Waals surface area contributed by atoms with E-state index in [1.807, 2.05) is 6.07 Å². The molecule has 16 heavy (non-hydrogen) atoms. The van der Waals surface area contributed by atoms with Gasteiger partial charge < -0.3 is 15.5 Å². The SMILES string of the molecule is Oc1ccc2c(c1O)CC[C@@H]1NCCC[C@H]21. The highest BCUT2D eigenvalue weighted by Gasteiger charge is 2.32.